The van der Waals surface area contributed by atoms with Crippen molar-refractivity contribution in [1.82, 2.24) is 0 Å². The molecule has 0 saturated heterocycles. The third kappa shape index (κ3) is 2.30. The first-order valence-electron chi connectivity index (χ1n) is 6.53. The number of carboxylic acids is 1. The van der Waals surface area contributed by atoms with E-state index in [0.29, 0.717) is 10.9 Å². The number of fused-ring (bicyclic) bond motifs is 1. The first-order chi connectivity index (χ1) is 10.2. The molecule has 1 N–H and O–H groups in total. The summed E-state index contributed by atoms with van der Waals surface area (Å²) in [7, 11) is 0. The number of ketones is 1. The molecule has 3 nitrogen and oxygen atoms in total. The van der Waals surface area contributed by atoms with Gasteiger partial charge in [0.1, 0.15) is 0 Å². The Morgan fingerprint density at radius 3 is 2.14 bits per heavy atom. The monoisotopic (exact) mass is 276 g/mol. The summed E-state index contributed by atoms with van der Waals surface area (Å²) in [6, 6.07) is 19.2. The van der Waals surface area contributed by atoms with Crippen molar-refractivity contribution in [3.05, 3.63) is 83.4 Å². The lowest BCUT2D eigenvalue weighted by Crippen LogP contribution is -2.10. The van der Waals surface area contributed by atoms with Crippen molar-refractivity contribution in [2.24, 2.45) is 0 Å². The number of aromatic carboxylic acids is 1. The van der Waals surface area contributed by atoms with E-state index in [1.165, 1.54) is 6.07 Å². The van der Waals surface area contributed by atoms with Gasteiger partial charge in [-0.15, -0.1) is 0 Å². The van der Waals surface area contributed by atoms with Gasteiger partial charge in [-0.3, -0.25) is 4.79 Å². The summed E-state index contributed by atoms with van der Waals surface area (Å²) in [5, 5.41) is 10.9. The van der Waals surface area contributed by atoms with Gasteiger partial charge >= 0.3 is 5.97 Å². The van der Waals surface area contributed by atoms with Gasteiger partial charge in [0.05, 0.1) is 5.56 Å². The van der Waals surface area contributed by atoms with Gasteiger partial charge in [0, 0.05) is 11.1 Å². The Kier molecular flexibility index (Phi) is 3.24. The fourth-order valence-electron chi connectivity index (χ4n) is 2.43. The third-order valence-corrected chi connectivity index (χ3v) is 3.42. The largest absolute Gasteiger partial charge is 0.478 e. The van der Waals surface area contributed by atoms with E-state index in [0.717, 1.165) is 5.39 Å². The molecular weight excluding hydrogens is 264 g/mol. The summed E-state index contributed by atoms with van der Waals surface area (Å²) in [6.45, 7) is 0. The van der Waals surface area contributed by atoms with Crippen LogP contribution in [0.4, 0.5) is 0 Å². The molecule has 0 saturated carbocycles. The number of carboxylic acid groups (broad SMARTS) is 1. The Morgan fingerprint density at radius 2 is 1.43 bits per heavy atom. The predicted octanol–water partition coefficient (Wildman–Crippen LogP) is 3.77. The summed E-state index contributed by atoms with van der Waals surface area (Å²) in [6.07, 6.45) is 0. The molecule has 3 rings (SSSR count). The minimum Gasteiger partial charge on any atom is -0.478 e. The number of carbonyl (C=O) groups excluding carboxylic acids is 1. The van der Waals surface area contributed by atoms with Crippen molar-refractivity contribution >= 4 is 22.5 Å². The average molecular weight is 276 g/mol. The summed E-state index contributed by atoms with van der Waals surface area (Å²) >= 11 is 0. The van der Waals surface area contributed by atoms with E-state index in [4.69, 9.17) is 0 Å². The van der Waals surface area contributed by atoms with Crippen molar-refractivity contribution < 1.29 is 14.7 Å². The van der Waals surface area contributed by atoms with Crippen LogP contribution in [0.3, 0.4) is 0 Å². The van der Waals surface area contributed by atoms with E-state index < -0.39 is 5.97 Å². The molecule has 0 amide bonds. The third-order valence-electron chi connectivity index (χ3n) is 3.42. The van der Waals surface area contributed by atoms with Gasteiger partial charge in [-0.25, -0.2) is 4.79 Å². The lowest BCUT2D eigenvalue weighted by atomic mass is 9.92. The van der Waals surface area contributed by atoms with Gasteiger partial charge in [-0.1, -0.05) is 60.7 Å². The van der Waals surface area contributed by atoms with Crippen LogP contribution in [0.5, 0.6) is 0 Å². The zero-order chi connectivity index (χ0) is 14.8. The molecule has 3 heteroatoms. The van der Waals surface area contributed by atoms with Crippen molar-refractivity contribution in [1.29, 1.82) is 0 Å². The van der Waals surface area contributed by atoms with Crippen molar-refractivity contribution in [2.45, 2.75) is 0 Å². The van der Waals surface area contributed by atoms with Gasteiger partial charge in [0.15, 0.2) is 5.78 Å². The van der Waals surface area contributed by atoms with Crippen LogP contribution >= 0.6 is 0 Å². The van der Waals surface area contributed by atoms with Crippen LogP contribution in [0.1, 0.15) is 26.3 Å². The van der Waals surface area contributed by atoms with Gasteiger partial charge in [-0.05, 0) is 16.8 Å². The topological polar surface area (TPSA) is 54.4 Å². The highest BCUT2D eigenvalue weighted by atomic mass is 16.4. The van der Waals surface area contributed by atoms with Crippen LogP contribution < -0.4 is 0 Å². The summed E-state index contributed by atoms with van der Waals surface area (Å²) in [5.74, 6) is -1.37. The molecule has 0 radical (unpaired) electrons. The van der Waals surface area contributed by atoms with E-state index in [2.05, 4.69) is 0 Å². The Bertz CT molecular complexity index is 835. The van der Waals surface area contributed by atoms with Crippen molar-refractivity contribution in [3.63, 3.8) is 0 Å². The normalized spacial score (nSPS) is 10.5. The van der Waals surface area contributed by atoms with Crippen LogP contribution in [0.2, 0.25) is 0 Å². The lowest BCUT2D eigenvalue weighted by molar-refractivity contribution is 0.0693. The fraction of sp³-hybridized carbons (Fsp3) is 0. The summed E-state index contributed by atoms with van der Waals surface area (Å²) < 4.78 is 0. The molecule has 3 aromatic rings. The van der Waals surface area contributed by atoms with E-state index >= 15 is 0 Å². The second-order valence-corrected chi connectivity index (χ2v) is 4.71. The number of rotatable bonds is 3. The predicted molar refractivity (Wildman–Crippen MR) is 80.8 cm³/mol. The molecule has 0 aliphatic heterocycles. The molecule has 0 heterocycles. The minimum absolute atomic E-state index is 0.0301. The smallest absolute Gasteiger partial charge is 0.336 e. The maximum absolute atomic E-state index is 12.7. The molecular formula is C18H12O3. The molecule has 21 heavy (non-hydrogen) atoms. The molecule has 0 bridgehead atoms. The minimum atomic E-state index is -1.10. The molecule has 102 valence electrons. The SMILES string of the molecule is O=C(O)c1ccc2ccccc2c1C(=O)c1ccccc1. The molecule has 0 aliphatic rings. The highest BCUT2D eigenvalue weighted by Crippen LogP contribution is 2.25. The maximum Gasteiger partial charge on any atom is 0.336 e. The fourth-order valence-corrected chi connectivity index (χ4v) is 2.43. The summed E-state index contributed by atoms with van der Waals surface area (Å²) in [5.41, 5.74) is 0.755. The van der Waals surface area contributed by atoms with Crippen LogP contribution in [-0.4, -0.2) is 16.9 Å². The Labute approximate surface area is 121 Å². The van der Waals surface area contributed by atoms with Gasteiger partial charge in [-0.2, -0.15) is 0 Å². The van der Waals surface area contributed by atoms with Crippen LogP contribution in [0.25, 0.3) is 10.8 Å². The highest BCUT2D eigenvalue weighted by Gasteiger charge is 2.20. The lowest BCUT2D eigenvalue weighted by Gasteiger charge is -2.09. The average Bonchev–Trinajstić information content (AvgIpc) is 2.53. The van der Waals surface area contributed by atoms with E-state index in [1.807, 2.05) is 18.2 Å². The molecule has 0 aromatic heterocycles. The maximum atomic E-state index is 12.7. The molecule has 0 fully saturated rings. The Hall–Kier alpha value is -2.94. The van der Waals surface area contributed by atoms with Gasteiger partial charge in [0.2, 0.25) is 0 Å². The molecule has 0 unspecified atom stereocenters. The van der Waals surface area contributed by atoms with Crippen molar-refractivity contribution in [2.75, 3.05) is 0 Å². The van der Waals surface area contributed by atoms with E-state index in [-0.39, 0.29) is 16.9 Å². The zero-order valence-corrected chi connectivity index (χ0v) is 11.1. The van der Waals surface area contributed by atoms with E-state index in [9.17, 15) is 14.7 Å². The first kappa shape index (κ1) is 13.1. The van der Waals surface area contributed by atoms with Crippen LogP contribution in [0.15, 0.2) is 66.7 Å². The Morgan fingerprint density at radius 1 is 0.762 bits per heavy atom. The highest BCUT2D eigenvalue weighted by molar-refractivity contribution is 6.21. The molecule has 0 atom stereocenters. The Balaban J connectivity index is 2.31. The number of hydrogen-bond donors (Lipinski definition) is 1. The van der Waals surface area contributed by atoms with Gasteiger partial charge in [0.25, 0.3) is 0 Å². The molecule has 3 aromatic carbocycles. The van der Waals surface area contributed by atoms with Crippen LogP contribution in [-0.2, 0) is 0 Å². The number of hydrogen-bond acceptors (Lipinski definition) is 2. The second kappa shape index (κ2) is 5.21. The van der Waals surface area contributed by atoms with Crippen LogP contribution in [0, 0.1) is 0 Å². The number of carbonyl (C=O) groups is 2. The molecule has 0 spiro atoms. The summed E-state index contributed by atoms with van der Waals surface area (Å²) in [4.78, 5) is 24.2. The second-order valence-electron chi connectivity index (χ2n) is 4.71. The molecule has 0 aliphatic carbocycles. The first-order valence-corrected chi connectivity index (χ1v) is 6.53. The number of benzene rings is 3. The van der Waals surface area contributed by atoms with E-state index in [1.54, 1.807) is 42.5 Å². The quantitative estimate of drug-likeness (QED) is 0.741. The standard InChI is InChI=1S/C18H12O3/c19-17(13-7-2-1-3-8-13)16-14-9-5-4-6-12(14)10-11-15(16)18(20)21/h1-11H,(H,20,21). The van der Waals surface area contributed by atoms with Gasteiger partial charge < -0.3 is 5.11 Å². The zero-order valence-electron chi connectivity index (χ0n) is 11.1. The van der Waals surface area contributed by atoms with Crippen molar-refractivity contribution in [3.8, 4) is 0 Å².